The first-order valence-corrected chi connectivity index (χ1v) is 8.45. The van der Waals surface area contributed by atoms with Gasteiger partial charge in [0.15, 0.2) is 0 Å². The van der Waals surface area contributed by atoms with Crippen molar-refractivity contribution < 1.29 is 20.1 Å². The molecular weight excluding hydrogens is 280 g/mol. The second-order valence-electron chi connectivity index (χ2n) is 5.66. The molecule has 0 bridgehead atoms. The van der Waals surface area contributed by atoms with E-state index in [9.17, 15) is 15.0 Å². The quantitative estimate of drug-likeness (QED) is 0.336. The molecular formula is C18H32O4. The predicted molar refractivity (Wildman–Crippen MR) is 89.8 cm³/mol. The smallest absolute Gasteiger partial charge is 0.303 e. The molecule has 2 atom stereocenters. The van der Waals surface area contributed by atoms with Crippen LogP contribution in [0.4, 0.5) is 0 Å². The fraction of sp³-hybridized carbons (Fsp3) is 0.722. The third kappa shape index (κ3) is 13.8. The Morgan fingerprint density at radius 1 is 0.909 bits per heavy atom. The fourth-order valence-corrected chi connectivity index (χ4v) is 2.12. The van der Waals surface area contributed by atoms with Crippen molar-refractivity contribution in [1.82, 2.24) is 0 Å². The first kappa shape index (κ1) is 20.9. The molecule has 0 spiro atoms. The third-order valence-corrected chi connectivity index (χ3v) is 3.61. The predicted octanol–water partition coefficient (Wildman–Crippen LogP) is 3.83. The zero-order valence-corrected chi connectivity index (χ0v) is 13.8. The Bertz CT molecular complexity index is 323. The van der Waals surface area contributed by atoms with Crippen molar-refractivity contribution in [2.45, 2.75) is 83.3 Å². The van der Waals surface area contributed by atoms with Crippen molar-refractivity contribution in [2.75, 3.05) is 0 Å². The molecule has 0 radical (unpaired) electrons. The lowest BCUT2D eigenvalue weighted by Gasteiger charge is -2.13. The maximum absolute atomic E-state index is 10.3. The Balaban J connectivity index is 3.39. The lowest BCUT2D eigenvalue weighted by molar-refractivity contribution is -0.137. The van der Waals surface area contributed by atoms with Gasteiger partial charge in [0.2, 0.25) is 0 Å². The Labute approximate surface area is 134 Å². The standard InChI is InChI=1S/C18H32O4/c1-2-16(19)17(20)14-12-10-8-6-4-3-5-7-9-11-13-15-18(21)22/h4,6,10,12,16-17,19-20H,2-3,5,7-9,11,13-15H2,1H3,(H,21,22)/b6-4-,12-10+/t16-,17-/m0/s1. The van der Waals surface area contributed by atoms with E-state index in [1.807, 2.05) is 19.1 Å². The van der Waals surface area contributed by atoms with Gasteiger partial charge in [-0.25, -0.2) is 0 Å². The molecule has 0 aliphatic rings. The summed E-state index contributed by atoms with van der Waals surface area (Å²) in [5.41, 5.74) is 0. The molecule has 0 fully saturated rings. The number of carboxylic acid groups (broad SMARTS) is 1. The summed E-state index contributed by atoms with van der Waals surface area (Å²) in [5.74, 6) is -0.701. The third-order valence-electron chi connectivity index (χ3n) is 3.61. The van der Waals surface area contributed by atoms with Crippen LogP contribution in [0.2, 0.25) is 0 Å². The number of allylic oxidation sites excluding steroid dienone is 3. The van der Waals surface area contributed by atoms with Crippen LogP contribution in [-0.4, -0.2) is 33.5 Å². The van der Waals surface area contributed by atoms with Crippen LogP contribution in [-0.2, 0) is 4.79 Å². The number of hydrogen-bond donors (Lipinski definition) is 3. The number of aliphatic hydroxyl groups excluding tert-OH is 2. The van der Waals surface area contributed by atoms with Gasteiger partial charge in [-0.2, -0.15) is 0 Å². The molecule has 0 saturated heterocycles. The van der Waals surface area contributed by atoms with Gasteiger partial charge in [-0.1, -0.05) is 50.5 Å². The average Bonchev–Trinajstić information content (AvgIpc) is 2.50. The van der Waals surface area contributed by atoms with Crippen molar-refractivity contribution in [3.8, 4) is 0 Å². The first-order valence-electron chi connectivity index (χ1n) is 8.45. The normalized spacial score (nSPS) is 14.7. The highest BCUT2D eigenvalue weighted by Crippen LogP contribution is 2.08. The Hall–Kier alpha value is -1.13. The summed E-state index contributed by atoms with van der Waals surface area (Å²) in [7, 11) is 0. The van der Waals surface area contributed by atoms with Crippen LogP contribution in [0.15, 0.2) is 24.3 Å². The minimum absolute atomic E-state index is 0.288. The molecule has 4 heteroatoms. The Morgan fingerprint density at radius 3 is 2.23 bits per heavy atom. The number of carbonyl (C=O) groups is 1. The second-order valence-corrected chi connectivity index (χ2v) is 5.66. The summed E-state index contributed by atoms with van der Waals surface area (Å²) >= 11 is 0. The highest BCUT2D eigenvalue weighted by atomic mass is 16.4. The molecule has 128 valence electrons. The van der Waals surface area contributed by atoms with E-state index in [2.05, 4.69) is 12.2 Å². The monoisotopic (exact) mass is 312 g/mol. The van der Waals surface area contributed by atoms with Crippen LogP contribution in [0.5, 0.6) is 0 Å². The van der Waals surface area contributed by atoms with Crippen molar-refractivity contribution in [2.24, 2.45) is 0 Å². The van der Waals surface area contributed by atoms with Gasteiger partial charge in [-0.15, -0.1) is 0 Å². The minimum Gasteiger partial charge on any atom is -0.481 e. The summed E-state index contributed by atoms with van der Waals surface area (Å²) in [6.07, 6.45) is 15.4. The highest BCUT2D eigenvalue weighted by molar-refractivity contribution is 5.66. The molecule has 0 aliphatic carbocycles. The van der Waals surface area contributed by atoms with Crippen molar-refractivity contribution in [3.63, 3.8) is 0 Å². The molecule has 0 amide bonds. The second kappa shape index (κ2) is 14.8. The molecule has 0 aromatic rings. The lowest BCUT2D eigenvalue weighted by Crippen LogP contribution is -2.23. The highest BCUT2D eigenvalue weighted by Gasteiger charge is 2.11. The first-order chi connectivity index (χ1) is 10.6. The van der Waals surface area contributed by atoms with Gasteiger partial charge in [-0.3, -0.25) is 4.79 Å². The number of aliphatic carboxylic acids is 1. The molecule has 22 heavy (non-hydrogen) atoms. The summed E-state index contributed by atoms with van der Waals surface area (Å²) in [5, 5.41) is 27.5. The zero-order chi connectivity index (χ0) is 16.6. The Morgan fingerprint density at radius 2 is 1.55 bits per heavy atom. The molecule has 0 aromatic carbocycles. The van der Waals surface area contributed by atoms with Crippen molar-refractivity contribution in [1.29, 1.82) is 0 Å². The van der Waals surface area contributed by atoms with E-state index in [0.717, 1.165) is 44.9 Å². The van der Waals surface area contributed by atoms with Gasteiger partial charge >= 0.3 is 5.97 Å². The number of rotatable bonds is 14. The van der Waals surface area contributed by atoms with E-state index in [4.69, 9.17) is 5.11 Å². The number of aliphatic hydroxyl groups is 2. The number of hydrogen-bond acceptors (Lipinski definition) is 3. The number of carboxylic acids is 1. The van der Waals surface area contributed by atoms with E-state index < -0.39 is 18.2 Å². The Kier molecular flexibility index (Phi) is 14.0. The molecule has 0 aliphatic heterocycles. The molecule has 4 nitrogen and oxygen atoms in total. The summed E-state index contributed by atoms with van der Waals surface area (Å²) in [6.45, 7) is 1.85. The largest absolute Gasteiger partial charge is 0.481 e. The molecule has 0 heterocycles. The summed E-state index contributed by atoms with van der Waals surface area (Å²) in [6, 6.07) is 0. The topological polar surface area (TPSA) is 77.8 Å². The van der Waals surface area contributed by atoms with Gasteiger partial charge in [-0.05, 0) is 38.5 Å². The summed E-state index contributed by atoms with van der Waals surface area (Å²) < 4.78 is 0. The van der Waals surface area contributed by atoms with E-state index in [0.29, 0.717) is 12.8 Å². The average molecular weight is 312 g/mol. The van der Waals surface area contributed by atoms with Crippen LogP contribution >= 0.6 is 0 Å². The van der Waals surface area contributed by atoms with Gasteiger partial charge < -0.3 is 15.3 Å². The van der Waals surface area contributed by atoms with Crippen molar-refractivity contribution in [3.05, 3.63) is 24.3 Å². The van der Waals surface area contributed by atoms with Crippen LogP contribution in [0.25, 0.3) is 0 Å². The number of unbranched alkanes of at least 4 members (excludes halogenated alkanes) is 5. The molecule has 0 saturated carbocycles. The van der Waals surface area contributed by atoms with Crippen LogP contribution in [0, 0.1) is 0 Å². The van der Waals surface area contributed by atoms with Crippen LogP contribution in [0.1, 0.15) is 71.1 Å². The molecule has 0 aromatic heterocycles. The summed E-state index contributed by atoms with van der Waals surface area (Å²) in [4.78, 5) is 10.3. The van der Waals surface area contributed by atoms with E-state index in [1.54, 1.807) is 0 Å². The van der Waals surface area contributed by atoms with Crippen LogP contribution < -0.4 is 0 Å². The lowest BCUT2D eigenvalue weighted by atomic mass is 10.1. The van der Waals surface area contributed by atoms with Gasteiger partial charge in [0, 0.05) is 6.42 Å². The van der Waals surface area contributed by atoms with Crippen molar-refractivity contribution >= 4 is 5.97 Å². The van der Waals surface area contributed by atoms with E-state index >= 15 is 0 Å². The fourth-order valence-electron chi connectivity index (χ4n) is 2.12. The van der Waals surface area contributed by atoms with Gasteiger partial charge in [0.1, 0.15) is 0 Å². The minimum atomic E-state index is -0.701. The van der Waals surface area contributed by atoms with E-state index in [-0.39, 0.29) is 6.42 Å². The molecule has 0 unspecified atom stereocenters. The molecule has 0 rings (SSSR count). The maximum atomic E-state index is 10.3. The molecule has 3 N–H and O–H groups in total. The van der Waals surface area contributed by atoms with Gasteiger partial charge in [0.05, 0.1) is 12.2 Å². The SMILES string of the molecule is CC[C@H](O)[C@@H](O)C/C=C/C/C=C\CCCCCCCC(=O)O. The maximum Gasteiger partial charge on any atom is 0.303 e. The van der Waals surface area contributed by atoms with Gasteiger partial charge in [0.25, 0.3) is 0 Å². The van der Waals surface area contributed by atoms with E-state index in [1.165, 1.54) is 0 Å². The zero-order valence-electron chi connectivity index (χ0n) is 13.8. The van der Waals surface area contributed by atoms with Crippen LogP contribution in [0.3, 0.4) is 0 Å².